The molecule has 2 aromatic carbocycles. The summed E-state index contributed by atoms with van der Waals surface area (Å²) in [7, 11) is 0. The van der Waals surface area contributed by atoms with Gasteiger partial charge in [-0.05, 0) is 87.2 Å². The van der Waals surface area contributed by atoms with E-state index in [1.807, 2.05) is 0 Å². The summed E-state index contributed by atoms with van der Waals surface area (Å²) in [5.74, 6) is 0.501. The summed E-state index contributed by atoms with van der Waals surface area (Å²) in [4.78, 5) is 5.18. The van der Waals surface area contributed by atoms with E-state index < -0.39 is 0 Å². The minimum atomic E-state index is -0.304. The maximum absolute atomic E-state index is 6.39. The molecule has 5 rings (SSSR count). The van der Waals surface area contributed by atoms with Crippen LogP contribution in [0.5, 0.6) is 0 Å². The number of nitrogens with zero attached hydrogens (tertiary/aromatic N) is 2. The van der Waals surface area contributed by atoms with Crippen LogP contribution in [-0.2, 0) is 15.9 Å². The van der Waals surface area contributed by atoms with Crippen LogP contribution in [0.15, 0.2) is 36.4 Å². The van der Waals surface area contributed by atoms with E-state index in [0.29, 0.717) is 5.92 Å². The van der Waals surface area contributed by atoms with E-state index in [2.05, 4.69) is 89.3 Å². The lowest BCUT2D eigenvalue weighted by atomic mass is 9.90. The van der Waals surface area contributed by atoms with Gasteiger partial charge in [0.2, 0.25) is 0 Å². The van der Waals surface area contributed by atoms with Crippen LogP contribution >= 0.6 is 0 Å². The summed E-state index contributed by atoms with van der Waals surface area (Å²) in [5, 5.41) is 2.57. The zero-order valence-corrected chi connectivity index (χ0v) is 18.6. The minimum Gasteiger partial charge on any atom is -0.360 e. The maximum atomic E-state index is 6.39. The van der Waals surface area contributed by atoms with Crippen LogP contribution < -0.4 is 0 Å². The van der Waals surface area contributed by atoms with E-state index in [9.17, 15) is 0 Å². The van der Waals surface area contributed by atoms with Crippen LogP contribution in [-0.4, -0.2) is 9.38 Å². The molecule has 0 aliphatic carbocycles. The first kappa shape index (κ1) is 18.6. The van der Waals surface area contributed by atoms with Gasteiger partial charge in [0, 0.05) is 11.1 Å². The number of hydrogen-bond donors (Lipinski definition) is 0. The summed E-state index contributed by atoms with van der Waals surface area (Å²) < 4.78 is 8.73. The highest BCUT2D eigenvalue weighted by Gasteiger charge is 2.43. The summed E-state index contributed by atoms with van der Waals surface area (Å²) in [6, 6.07) is 13.5. The monoisotopic (exact) mass is 386 g/mol. The van der Waals surface area contributed by atoms with Crippen molar-refractivity contribution in [1.82, 2.24) is 9.38 Å². The van der Waals surface area contributed by atoms with Gasteiger partial charge in [0.05, 0.1) is 22.2 Å². The first-order chi connectivity index (χ1) is 13.6. The topological polar surface area (TPSA) is 26.5 Å². The highest BCUT2D eigenvalue weighted by atomic mass is 16.5. The van der Waals surface area contributed by atoms with Crippen molar-refractivity contribution in [2.45, 2.75) is 72.0 Å². The fourth-order valence-corrected chi connectivity index (χ4v) is 5.28. The molecular weight excluding hydrogens is 356 g/mol. The molecule has 1 aliphatic rings. The van der Waals surface area contributed by atoms with Crippen molar-refractivity contribution >= 4 is 27.5 Å². The van der Waals surface area contributed by atoms with Crippen molar-refractivity contribution in [2.24, 2.45) is 0 Å². The number of ether oxygens (including phenoxy) is 1. The number of aromatic nitrogens is 2. The lowest BCUT2D eigenvalue weighted by molar-refractivity contribution is -0.105. The number of hydrogen-bond acceptors (Lipinski definition) is 2. The van der Waals surface area contributed by atoms with Gasteiger partial charge in [-0.3, -0.25) is 4.40 Å². The Morgan fingerprint density at radius 3 is 2.41 bits per heavy atom. The number of fused-ring (bicyclic) bond motifs is 6. The van der Waals surface area contributed by atoms with E-state index in [0.717, 1.165) is 17.6 Å². The fraction of sp³-hybridized carbons (Fsp3) is 0.423. The van der Waals surface area contributed by atoms with Crippen LogP contribution in [0, 0.1) is 6.92 Å². The van der Waals surface area contributed by atoms with E-state index >= 15 is 0 Å². The van der Waals surface area contributed by atoms with Crippen molar-refractivity contribution in [3.8, 4) is 0 Å². The summed E-state index contributed by atoms with van der Waals surface area (Å²) >= 11 is 0. The first-order valence-corrected chi connectivity index (χ1v) is 10.7. The number of imidazole rings is 1. The number of pyridine rings is 1. The smallest absolute Gasteiger partial charge is 0.146 e. The Labute approximate surface area is 172 Å². The van der Waals surface area contributed by atoms with Gasteiger partial charge in [0.15, 0.2) is 0 Å². The Balaban J connectivity index is 1.95. The van der Waals surface area contributed by atoms with Crippen molar-refractivity contribution in [2.75, 3.05) is 0 Å². The molecule has 3 nitrogen and oxygen atoms in total. The summed E-state index contributed by atoms with van der Waals surface area (Å²) in [5.41, 5.74) is 7.82. The molecule has 150 valence electrons. The normalized spacial score (nSPS) is 18.6. The van der Waals surface area contributed by atoms with Crippen molar-refractivity contribution < 1.29 is 4.74 Å². The number of benzene rings is 2. The molecule has 1 atom stereocenters. The zero-order chi connectivity index (χ0) is 20.7. The van der Waals surface area contributed by atoms with E-state index in [1.165, 1.54) is 38.7 Å². The van der Waals surface area contributed by atoms with Gasteiger partial charge in [0.1, 0.15) is 5.65 Å². The molecule has 3 heteroatoms. The molecular formula is C26H30N2O. The highest BCUT2D eigenvalue weighted by molar-refractivity contribution is 6.01. The van der Waals surface area contributed by atoms with Gasteiger partial charge >= 0.3 is 0 Å². The highest BCUT2D eigenvalue weighted by Crippen LogP contribution is 2.48. The van der Waals surface area contributed by atoms with Crippen molar-refractivity contribution in [3.05, 3.63) is 58.8 Å². The largest absolute Gasteiger partial charge is 0.360 e. The van der Waals surface area contributed by atoms with Gasteiger partial charge in [-0.1, -0.05) is 32.0 Å². The minimum absolute atomic E-state index is 0.302. The van der Waals surface area contributed by atoms with E-state index in [4.69, 9.17) is 9.72 Å². The molecule has 4 aromatic rings. The third kappa shape index (κ3) is 2.50. The van der Waals surface area contributed by atoms with Crippen LogP contribution in [0.4, 0.5) is 0 Å². The Morgan fingerprint density at radius 2 is 1.72 bits per heavy atom. The number of aryl methyl sites for hydroxylation is 1. The third-order valence-electron chi connectivity index (χ3n) is 6.81. The first-order valence-electron chi connectivity index (χ1n) is 10.7. The predicted molar refractivity (Wildman–Crippen MR) is 121 cm³/mol. The van der Waals surface area contributed by atoms with Crippen molar-refractivity contribution in [1.29, 1.82) is 0 Å². The van der Waals surface area contributed by atoms with Gasteiger partial charge < -0.3 is 4.74 Å². The average molecular weight is 387 g/mol. The van der Waals surface area contributed by atoms with Crippen molar-refractivity contribution in [3.63, 3.8) is 0 Å². The van der Waals surface area contributed by atoms with E-state index in [-0.39, 0.29) is 11.2 Å². The Kier molecular flexibility index (Phi) is 3.74. The van der Waals surface area contributed by atoms with Crippen LogP contribution in [0.2, 0.25) is 0 Å². The zero-order valence-electron chi connectivity index (χ0n) is 18.6. The molecule has 29 heavy (non-hydrogen) atoms. The molecule has 0 radical (unpaired) electrons. The lowest BCUT2D eigenvalue weighted by Gasteiger charge is -2.24. The molecule has 0 saturated carbocycles. The quantitative estimate of drug-likeness (QED) is 0.372. The second-order valence-corrected chi connectivity index (χ2v) is 9.69. The SMILES string of the molecule is CCC(C)c1cccc2cc(C)n3c4cc5c(cc4nc3c12)C(C)(C)OC5(C)C. The van der Waals surface area contributed by atoms with Gasteiger partial charge in [-0.15, -0.1) is 0 Å². The standard InChI is InChI=1S/C26H30N2O/c1-8-15(2)18-11-9-10-17-12-16(3)28-22-14-20-19(25(4,5)29-26(20,6)7)13-21(22)27-24(28)23(17)18/h9-15H,8H2,1-7H3. The lowest BCUT2D eigenvalue weighted by Crippen LogP contribution is -2.22. The van der Waals surface area contributed by atoms with Gasteiger partial charge in [0.25, 0.3) is 0 Å². The molecule has 0 bridgehead atoms. The summed E-state index contributed by atoms with van der Waals surface area (Å²) in [6.45, 7) is 15.4. The Morgan fingerprint density at radius 1 is 1.03 bits per heavy atom. The fourth-order valence-electron chi connectivity index (χ4n) is 5.28. The molecule has 1 aliphatic heterocycles. The predicted octanol–water partition coefficient (Wildman–Crippen LogP) is 6.96. The summed E-state index contributed by atoms with van der Waals surface area (Å²) in [6.07, 6.45) is 1.12. The van der Waals surface area contributed by atoms with Crippen LogP contribution in [0.25, 0.3) is 27.5 Å². The maximum Gasteiger partial charge on any atom is 0.146 e. The Bertz CT molecular complexity index is 1290. The average Bonchev–Trinajstić information content (AvgIpc) is 3.11. The molecule has 0 spiro atoms. The van der Waals surface area contributed by atoms with Gasteiger partial charge in [-0.25, -0.2) is 4.98 Å². The molecule has 0 fully saturated rings. The molecule has 0 amide bonds. The van der Waals surface area contributed by atoms with Crippen LogP contribution in [0.1, 0.15) is 76.3 Å². The molecule has 0 N–H and O–H groups in total. The molecule has 3 heterocycles. The van der Waals surface area contributed by atoms with E-state index in [1.54, 1.807) is 0 Å². The second-order valence-electron chi connectivity index (χ2n) is 9.69. The molecule has 2 aromatic heterocycles. The molecule has 0 saturated heterocycles. The second kappa shape index (κ2) is 5.82. The number of rotatable bonds is 2. The van der Waals surface area contributed by atoms with Gasteiger partial charge in [-0.2, -0.15) is 0 Å². The third-order valence-corrected chi connectivity index (χ3v) is 6.81. The Hall–Kier alpha value is -2.39. The molecule has 1 unspecified atom stereocenters. The van der Waals surface area contributed by atoms with Crippen LogP contribution in [0.3, 0.4) is 0 Å².